The maximum atomic E-state index is 13.1. The Balaban J connectivity index is 5.19. The number of phosphoric acid groups is 2. The number of phosphoric ester groups is 2. The van der Waals surface area contributed by atoms with Crippen LogP contribution in [-0.2, 0) is 65.4 Å². The Hall–Kier alpha value is -1.94. The lowest BCUT2D eigenvalue weighted by atomic mass is 10.0. The van der Waals surface area contributed by atoms with Crippen LogP contribution < -0.4 is 0 Å². The van der Waals surface area contributed by atoms with Gasteiger partial charge in [0.15, 0.2) is 12.2 Å². The molecule has 19 heteroatoms. The van der Waals surface area contributed by atoms with E-state index in [2.05, 4.69) is 48.5 Å². The van der Waals surface area contributed by atoms with Crippen LogP contribution in [0, 0.1) is 17.8 Å². The van der Waals surface area contributed by atoms with E-state index in [4.69, 9.17) is 37.0 Å². The molecule has 17 nitrogen and oxygen atoms in total. The number of aliphatic hydroxyl groups is 1. The molecule has 0 bridgehead atoms. The van der Waals surface area contributed by atoms with Crippen LogP contribution in [0.1, 0.15) is 402 Å². The molecule has 0 saturated heterocycles. The predicted molar refractivity (Wildman–Crippen MR) is 395 cm³/mol. The Morgan fingerprint density at radius 2 is 0.474 bits per heavy atom. The van der Waals surface area contributed by atoms with Gasteiger partial charge in [0.1, 0.15) is 19.3 Å². The molecule has 576 valence electrons. The van der Waals surface area contributed by atoms with Crippen LogP contribution in [0.25, 0.3) is 0 Å². The van der Waals surface area contributed by atoms with E-state index < -0.39 is 97.5 Å². The highest BCUT2D eigenvalue weighted by atomic mass is 31.2. The highest BCUT2D eigenvalue weighted by Crippen LogP contribution is 2.45. The number of hydrogen-bond donors (Lipinski definition) is 3. The second-order valence-corrected chi connectivity index (χ2v) is 32.4. The molecule has 0 amide bonds. The summed E-state index contributed by atoms with van der Waals surface area (Å²) in [4.78, 5) is 72.8. The van der Waals surface area contributed by atoms with Gasteiger partial charge >= 0.3 is 39.5 Å². The van der Waals surface area contributed by atoms with Crippen LogP contribution in [0.4, 0.5) is 0 Å². The summed E-state index contributed by atoms with van der Waals surface area (Å²) in [6.45, 7) is 11.8. The summed E-state index contributed by atoms with van der Waals surface area (Å²) in [7, 11) is -9.91. The predicted octanol–water partition coefficient (Wildman–Crippen LogP) is 23.0. The molecule has 0 radical (unpaired) electrons. The van der Waals surface area contributed by atoms with Crippen molar-refractivity contribution in [3.05, 3.63) is 0 Å². The van der Waals surface area contributed by atoms with Crippen LogP contribution in [0.15, 0.2) is 0 Å². The molecule has 0 heterocycles. The Bertz CT molecular complexity index is 1890. The van der Waals surface area contributed by atoms with E-state index in [0.29, 0.717) is 31.6 Å². The van der Waals surface area contributed by atoms with Crippen LogP contribution in [-0.4, -0.2) is 96.7 Å². The monoisotopic (exact) mass is 1420 g/mol. The molecule has 0 aromatic carbocycles. The number of unbranched alkanes of at least 4 members (excludes halogenated alkanes) is 44. The molecule has 0 spiro atoms. The zero-order valence-corrected chi connectivity index (χ0v) is 65.3. The fourth-order valence-corrected chi connectivity index (χ4v) is 13.5. The van der Waals surface area contributed by atoms with E-state index in [1.54, 1.807) is 0 Å². The topological polar surface area (TPSA) is 237 Å². The maximum absolute atomic E-state index is 13.1. The van der Waals surface area contributed by atoms with Crippen molar-refractivity contribution in [2.45, 2.75) is 420 Å². The summed E-state index contributed by atoms with van der Waals surface area (Å²) < 4.78 is 68.5. The van der Waals surface area contributed by atoms with Gasteiger partial charge in [0.2, 0.25) is 0 Å². The normalized spacial score (nSPS) is 14.0. The summed E-state index contributed by atoms with van der Waals surface area (Å²) in [5.41, 5.74) is 0. The number of ether oxygens (including phenoxy) is 4. The van der Waals surface area contributed by atoms with Crippen molar-refractivity contribution in [3.63, 3.8) is 0 Å². The van der Waals surface area contributed by atoms with Crippen molar-refractivity contribution in [1.82, 2.24) is 0 Å². The summed E-state index contributed by atoms with van der Waals surface area (Å²) in [6.07, 6.45) is 55.8. The van der Waals surface area contributed by atoms with E-state index in [1.165, 1.54) is 205 Å². The Kier molecular flexibility index (Phi) is 67.1. The van der Waals surface area contributed by atoms with Crippen LogP contribution in [0.3, 0.4) is 0 Å². The van der Waals surface area contributed by atoms with Crippen molar-refractivity contribution in [3.8, 4) is 0 Å². The number of esters is 4. The van der Waals surface area contributed by atoms with Gasteiger partial charge in [0.25, 0.3) is 0 Å². The highest BCUT2D eigenvalue weighted by Gasteiger charge is 2.30. The molecule has 5 atom stereocenters. The van der Waals surface area contributed by atoms with Crippen LogP contribution in [0.5, 0.6) is 0 Å². The van der Waals surface area contributed by atoms with Crippen molar-refractivity contribution in [2.75, 3.05) is 39.6 Å². The second kappa shape index (κ2) is 68.5. The lowest BCUT2D eigenvalue weighted by Gasteiger charge is -2.21. The van der Waals surface area contributed by atoms with Gasteiger partial charge in [0, 0.05) is 25.7 Å². The first-order chi connectivity index (χ1) is 46.7. The molecule has 2 unspecified atom stereocenters. The van der Waals surface area contributed by atoms with E-state index in [-0.39, 0.29) is 25.7 Å². The third kappa shape index (κ3) is 72.2. The van der Waals surface area contributed by atoms with Crippen molar-refractivity contribution >= 4 is 39.5 Å². The molecule has 0 saturated carbocycles. The lowest BCUT2D eigenvalue weighted by molar-refractivity contribution is -0.161. The quantitative estimate of drug-likeness (QED) is 0.0222. The van der Waals surface area contributed by atoms with E-state index in [1.807, 2.05) is 0 Å². The number of carbonyl (C=O) groups excluding carboxylic acids is 4. The number of hydrogen-bond acceptors (Lipinski definition) is 15. The maximum Gasteiger partial charge on any atom is 0.472 e. The molecule has 97 heavy (non-hydrogen) atoms. The van der Waals surface area contributed by atoms with Crippen molar-refractivity contribution in [2.24, 2.45) is 17.8 Å². The largest absolute Gasteiger partial charge is 0.472 e. The number of rotatable bonds is 76. The Morgan fingerprint density at radius 3 is 0.701 bits per heavy atom. The minimum Gasteiger partial charge on any atom is -0.462 e. The highest BCUT2D eigenvalue weighted by molar-refractivity contribution is 7.47. The third-order valence-electron chi connectivity index (χ3n) is 18.1. The van der Waals surface area contributed by atoms with Gasteiger partial charge < -0.3 is 33.8 Å². The van der Waals surface area contributed by atoms with Crippen molar-refractivity contribution < 1.29 is 80.2 Å². The van der Waals surface area contributed by atoms with Gasteiger partial charge in [-0.2, -0.15) is 0 Å². The first kappa shape index (κ1) is 95.1. The first-order valence-corrected chi connectivity index (χ1v) is 43.3. The average molecular weight is 1420 g/mol. The van der Waals surface area contributed by atoms with Gasteiger partial charge in [-0.25, -0.2) is 9.13 Å². The second-order valence-electron chi connectivity index (χ2n) is 29.5. The minimum absolute atomic E-state index is 0.104. The Labute approximate surface area is 594 Å². The smallest absolute Gasteiger partial charge is 0.462 e. The fourth-order valence-electron chi connectivity index (χ4n) is 12.0. The molecule has 0 aliphatic heterocycles. The molecular weight excluding hydrogens is 1270 g/mol. The number of aliphatic hydroxyl groups excluding tert-OH is 1. The number of carbonyl (C=O) groups is 4. The van der Waals surface area contributed by atoms with Crippen LogP contribution >= 0.6 is 15.6 Å². The summed E-state index contributed by atoms with van der Waals surface area (Å²) >= 11 is 0. The Morgan fingerprint density at radius 1 is 0.278 bits per heavy atom. The van der Waals surface area contributed by atoms with E-state index in [9.17, 15) is 43.2 Å². The molecule has 0 aromatic heterocycles. The summed E-state index contributed by atoms with van der Waals surface area (Å²) in [5.74, 6) is 0.0740. The molecule has 0 aliphatic carbocycles. The molecule has 0 aromatic rings. The van der Waals surface area contributed by atoms with Crippen LogP contribution in [0.2, 0.25) is 0 Å². The molecular formula is C78H152O17P2. The zero-order valence-electron chi connectivity index (χ0n) is 63.5. The van der Waals surface area contributed by atoms with E-state index >= 15 is 0 Å². The summed E-state index contributed by atoms with van der Waals surface area (Å²) in [5, 5.41) is 10.6. The first-order valence-electron chi connectivity index (χ1n) is 40.3. The SMILES string of the molecule is CCCCCCCCCCCCCCCCCCCCCCCCC(=O)O[C@H](COC(=O)CCCCCCCCCCCCCC(C)C)COP(=O)(O)OC[C@@H](O)COP(=O)(O)OC[C@@H](COC(=O)CCCCCCCCCC(C)C)OC(=O)CCCCCCCCCCC(C)C. The standard InChI is InChI=1S/C78H152O17P2/c1-8-9-10-11-12-13-14-15-16-17-18-19-20-21-22-23-24-27-31-39-47-54-61-77(82)94-73(65-88-75(80)59-52-45-38-30-28-25-26-29-35-42-49-56-69(2)3)67-92-96(84,85)90-63-72(79)64-91-97(86,87)93-68-74(66-89-76(81)60-53-46-41-34-37-44-51-58-71(6)7)95-78(83)62-55-48-40-33-32-36-43-50-57-70(4)5/h69-74,79H,8-68H2,1-7H3,(H,84,85)(H,86,87)/t72-,73-,74-/m1/s1. The van der Waals surface area contributed by atoms with Gasteiger partial charge in [-0.05, 0) is 43.4 Å². The van der Waals surface area contributed by atoms with Crippen molar-refractivity contribution in [1.29, 1.82) is 0 Å². The molecule has 0 fully saturated rings. The summed E-state index contributed by atoms with van der Waals surface area (Å²) in [6, 6.07) is 0. The van der Waals surface area contributed by atoms with Gasteiger partial charge in [-0.15, -0.1) is 0 Å². The third-order valence-corrected chi connectivity index (χ3v) is 20.0. The molecule has 0 aliphatic rings. The minimum atomic E-state index is -4.96. The van der Waals surface area contributed by atoms with Gasteiger partial charge in [0.05, 0.1) is 26.4 Å². The zero-order chi connectivity index (χ0) is 71.6. The van der Waals surface area contributed by atoms with Gasteiger partial charge in [-0.1, -0.05) is 350 Å². The van der Waals surface area contributed by atoms with E-state index in [0.717, 1.165) is 108 Å². The molecule has 3 N–H and O–H groups in total. The molecule has 0 rings (SSSR count). The fraction of sp³-hybridized carbons (Fsp3) is 0.949. The van der Waals surface area contributed by atoms with Gasteiger partial charge in [-0.3, -0.25) is 37.3 Å². The lowest BCUT2D eigenvalue weighted by Crippen LogP contribution is -2.30. The average Bonchev–Trinajstić information content (AvgIpc) is 1.25.